The molecule has 2 atom stereocenters. The fourth-order valence-electron chi connectivity index (χ4n) is 2.78. The lowest BCUT2D eigenvalue weighted by Crippen LogP contribution is -2.45. The maximum absolute atomic E-state index is 12.8. The standard InChI is InChI=1S/C22H28BrNO3/c1-16(20(25)18-8-6-5-7-9-18)24(21(26)27-22(2,3)4)15-14-17-10-12-19(23)13-11-17/h5-13,16,20,25H,14-15H2,1-4H3/t16-,20-/m0/s1. The van der Waals surface area contributed by atoms with Gasteiger partial charge in [0.15, 0.2) is 0 Å². The first-order chi connectivity index (χ1) is 12.7. The van der Waals surface area contributed by atoms with Gasteiger partial charge in [-0.05, 0) is 57.4 Å². The summed E-state index contributed by atoms with van der Waals surface area (Å²) in [6, 6.07) is 17.0. The number of benzene rings is 2. The van der Waals surface area contributed by atoms with Gasteiger partial charge in [-0.15, -0.1) is 0 Å². The Kier molecular flexibility index (Phi) is 7.45. The Morgan fingerprint density at radius 3 is 2.26 bits per heavy atom. The van der Waals surface area contributed by atoms with Gasteiger partial charge in [-0.3, -0.25) is 0 Å². The van der Waals surface area contributed by atoms with Crippen molar-refractivity contribution in [1.82, 2.24) is 4.90 Å². The Morgan fingerprint density at radius 1 is 1.11 bits per heavy atom. The van der Waals surface area contributed by atoms with Crippen molar-refractivity contribution in [2.75, 3.05) is 6.54 Å². The van der Waals surface area contributed by atoms with Crippen LogP contribution in [-0.2, 0) is 11.2 Å². The van der Waals surface area contributed by atoms with Crippen molar-refractivity contribution in [1.29, 1.82) is 0 Å². The zero-order valence-corrected chi connectivity index (χ0v) is 17.9. The highest BCUT2D eigenvalue weighted by Gasteiger charge is 2.30. The van der Waals surface area contributed by atoms with Gasteiger partial charge in [0.25, 0.3) is 0 Å². The molecule has 0 unspecified atom stereocenters. The molecule has 4 nitrogen and oxygen atoms in total. The van der Waals surface area contributed by atoms with E-state index in [1.54, 1.807) is 4.90 Å². The first kappa shape index (κ1) is 21.5. The molecule has 2 aromatic carbocycles. The fourth-order valence-corrected chi connectivity index (χ4v) is 3.05. The summed E-state index contributed by atoms with van der Waals surface area (Å²) < 4.78 is 6.60. The highest BCUT2D eigenvalue weighted by Crippen LogP contribution is 2.23. The molecule has 0 bridgehead atoms. The van der Waals surface area contributed by atoms with Crippen molar-refractivity contribution in [3.8, 4) is 0 Å². The van der Waals surface area contributed by atoms with Crippen LogP contribution in [0.3, 0.4) is 0 Å². The van der Waals surface area contributed by atoms with E-state index in [1.807, 2.05) is 82.3 Å². The number of halogens is 1. The van der Waals surface area contributed by atoms with Crippen LogP contribution in [0.4, 0.5) is 4.79 Å². The van der Waals surface area contributed by atoms with Crippen molar-refractivity contribution < 1.29 is 14.6 Å². The molecular formula is C22H28BrNO3. The molecule has 27 heavy (non-hydrogen) atoms. The summed E-state index contributed by atoms with van der Waals surface area (Å²) in [5.41, 5.74) is 1.31. The summed E-state index contributed by atoms with van der Waals surface area (Å²) in [6.07, 6.45) is -0.524. The lowest BCUT2D eigenvalue weighted by molar-refractivity contribution is -0.00238. The van der Waals surface area contributed by atoms with Gasteiger partial charge in [0.1, 0.15) is 5.60 Å². The molecule has 0 aliphatic carbocycles. The van der Waals surface area contributed by atoms with Crippen molar-refractivity contribution in [2.24, 2.45) is 0 Å². The lowest BCUT2D eigenvalue weighted by atomic mass is 10.0. The second-order valence-electron chi connectivity index (χ2n) is 7.65. The SMILES string of the molecule is C[C@@H]([C@H](O)c1ccccc1)N(CCc1ccc(Br)cc1)C(=O)OC(C)(C)C. The van der Waals surface area contributed by atoms with E-state index >= 15 is 0 Å². The number of rotatable bonds is 6. The van der Waals surface area contributed by atoms with E-state index in [-0.39, 0.29) is 0 Å². The van der Waals surface area contributed by atoms with Gasteiger partial charge < -0.3 is 14.7 Å². The van der Waals surface area contributed by atoms with Crippen molar-refractivity contribution in [3.05, 3.63) is 70.2 Å². The van der Waals surface area contributed by atoms with E-state index in [9.17, 15) is 9.90 Å². The molecule has 2 rings (SSSR count). The van der Waals surface area contributed by atoms with Gasteiger partial charge in [0.05, 0.1) is 12.1 Å². The average molecular weight is 434 g/mol. The van der Waals surface area contributed by atoms with Crippen LogP contribution in [0, 0.1) is 0 Å². The molecule has 0 heterocycles. The first-order valence-electron chi connectivity index (χ1n) is 9.14. The number of nitrogens with zero attached hydrogens (tertiary/aromatic N) is 1. The highest BCUT2D eigenvalue weighted by molar-refractivity contribution is 9.10. The van der Waals surface area contributed by atoms with Crippen LogP contribution in [0.15, 0.2) is 59.1 Å². The third-order valence-corrected chi connectivity index (χ3v) is 4.80. The fraction of sp³-hybridized carbons (Fsp3) is 0.409. The maximum Gasteiger partial charge on any atom is 0.410 e. The normalized spacial score (nSPS) is 13.7. The topological polar surface area (TPSA) is 49.8 Å². The number of hydrogen-bond donors (Lipinski definition) is 1. The third-order valence-electron chi connectivity index (χ3n) is 4.27. The maximum atomic E-state index is 12.8. The molecule has 0 saturated heterocycles. The van der Waals surface area contributed by atoms with Gasteiger partial charge in [-0.25, -0.2) is 4.79 Å². The second-order valence-corrected chi connectivity index (χ2v) is 8.56. The minimum absolute atomic E-state index is 0.415. The number of carbonyl (C=O) groups excluding carboxylic acids is 1. The van der Waals surface area contributed by atoms with E-state index < -0.39 is 23.8 Å². The number of ether oxygens (including phenoxy) is 1. The molecule has 2 aromatic rings. The summed E-state index contributed by atoms with van der Waals surface area (Å²) >= 11 is 3.43. The van der Waals surface area contributed by atoms with Gasteiger partial charge in [0, 0.05) is 11.0 Å². The highest BCUT2D eigenvalue weighted by atomic mass is 79.9. The average Bonchev–Trinajstić information content (AvgIpc) is 2.62. The Labute approximate surface area is 170 Å². The molecular weight excluding hydrogens is 406 g/mol. The first-order valence-corrected chi connectivity index (χ1v) is 9.94. The molecule has 0 fully saturated rings. The number of amides is 1. The molecule has 0 spiro atoms. The van der Waals surface area contributed by atoms with Crippen LogP contribution in [0.25, 0.3) is 0 Å². The molecule has 0 saturated carbocycles. The predicted molar refractivity (Wildman–Crippen MR) is 112 cm³/mol. The smallest absolute Gasteiger partial charge is 0.410 e. The van der Waals surface area contributed by atoms with Crippen molar-refractivity contribution in [2.45, 2.75) is 51.9 Å². The van der Waals surface area contributed by atoms with Crippen LogP contribution < -0.4 is 0 Å². The molecule has 1 N–H and O–H groups in total. The van der Waals surface area contributed by atoms with Gasteiger partial charge in [-0.2, -0.15) is 0 Å². The number of aliphatic hydroxyl groups is 1. The van der Waals surface area contributed by atoms with E-state index in [1.165, 1.54) is 0 Å². The van der Waals surface area contributed by atoms with E-state index in [0.29, 0.717) is 13.0 Å². The van der Waals surface area contributed by atoms with Crippen molar-refractivity contribution in [3.63, 3.8) is 0 Å². The summed E-state index contributed by atoms with van der Waals surface area (Å²) in [5.74, 6) is 0. The van der Waals surface area contributed by atoms with E-state index in [0.717, 1.165) is 15.6 Å². The van der Waals surface area contributed by atoms with Crippen molar-refractivity contribution >= 4 is 22.0 Å². The molecule has 0 aliphatic rings. The molecule has 0 aromatic heterocycles. The zero-order valence-electron chi connectivity index (χ0n) is 16.4. The van der Waals surface area contributed by atoms with Crippen LogP contribution >= 0.6 is 15.9 Å². The zero-order chi connectivity index (χ0) is 20.0. The lowest BCUT2D eigenvalue weighted by Gasteiger charge is -2.34. The Hall–Kier alpha value is -1.85. The molecule has 0 radical (unpaired) electrons. The van der Waals surface area contributed by atoms with Crippen LogP contribution in [0.5, 0.6) is 0 Å². The molecule has 1 amide bonds. The summed E-state index contributed by atoms with van der Waals surface area (Å²) in [5, 5.41) is 10.8. The van der Waals surface area contributed by atoms with E-state index in [4.69, 9.17) is 4.74 Å². The Bertz CT molecular complexity index is 725. The molecule has 5 heteroatoms. The number of hydrogen-bond acceptors (Lipinski definition) is 3. The van der Waals surface area contributed by atoms with E-state index in [2.05, 4.69) is 15.9 Å². The largest absolute Gasteiger partial charge is 0.444 e. The van der Waals surface area contributed by atoms with Crippen LogP contribution in [0.2, 0.25) is 0 Å². The van der Waals surface area contributed by atoms with Crippen LogP contribution in [0.1, 0.15) is 44.9 Å². The summed E-state index contributed by atoms with van der Waals surface area (Å²) in [7, 11) is 0. The van der Waals surface area contributed by atoms with Gasteiger partial charge in [0.2, 0.25) is 0 Å². The number of aliphatic hydroxyl groups excluding tert-OH is 1. The minimum atomic E-state index is -0.788. The predicted octanol–water partition coefficient (Wildman–Crippen LogP) is 5.35. The number of carbonyl (C=O) groups is 1. The van der Waals surface area contributed by atoms with Gasteiger partial charge >= 0.3 is 6.09 Å². The Balaban J connectivity index is 2.17. The Morgan fingerprint density at radius 2 is 1.70 bits per heavy atom. The summed E-state index contributed by atoms with van der Waals surface area (Å²) in [6.45, 7) is 7.84. The summed E-state index contributed by atoms with van der Waals surface area (Å²) in [4.78, 5) is 14.4. The monoisotopic (exact) mass is 433 g/mol. The second kappa shape index (κ2) is 9.38. The molecule has 146 valence electrons. The minimum Gasteiger partial charge on any atom is -0.444 e. The third kappa shape index (κ3) is 6.67. The molecule has 0 aliphatic heterocycles. The van der Waals surface area contributed by atoms with Gasteiger partial charge in [-0.1, -0.05) is 58.4 Å². The quantitative estimate of drug-likeness (QED) is 0.667. The van der Waals surface area contributed by atoms with Crippen LogP contribution in [-0.4, -0.2) is 34.3 Å².